The van der Waals surface area contributed by atoms with Crippen molar-refractivity contribution >= 4 is 0 Å². The topological polar surface area (TPSA) is 12.0 Å². The van der Waals surface area contributed by atoms with Gasteiger partial charge in [-0.05, 0) is 67.7 Å². The van der Waals surface area contributed by atoms with E-state index in [9.17, 15) is 0 Å². The van der Waals surface area contributed by atoms with Crippen LogP contribution in [0.3, 0.4) is 0 Å². The van der Waals surface area contributed by atoms with Crippen LogP contribution < -0.4 is 5.32 Å². The minimum atomic E-state index is 0.415. The van der Waals surface area contributed by atoms with Crippen molar-refractivity contribution in [3.8, 4) is 0 Å². The first kappa shape index (κ1) is 18.2. The number of aryl methyl sites for hydroxylation is 2. The van der Waals surface area contributed by atoms with Crippen molar-refractivity contribution in [1.82, 2.24) is 5.32 Å². The Morgan fingerprint density at radius 1 is 1.10 bits per heavy atom. The zero-order valence-electron chi connectivity index (χ0n) is 15.2. The summed E-state index contributed by atoms with van der Waals surface area (Å²) in [5, 5.41) is 3.75. The fourth-order valence-corrected chi connectivity index (χ4v) is 3.17. The maximum absolute atomic E-state index is 3.75. The molecule has 1 rings (SSSR count). The first-order valence-corrected chi connectivity index (χ1v) is 8.53. The average Bonchev–Trinajstić information content (AvgIpc) is 2.35. The highest BCUT2D eigenvalue weighted by Gasteiger charge is 2.20. The van der Waals surface area contributed by atoms with Gasteiger partial charge in [-0.2, -0.15) is 0 Å². The second-order valence-corrected chi connectivity index (χ2v) is 7.96. The van der Waals surface area contributed by atoms with E-state index in [0.29, 0.717) is 11.5 Å². The third-order valence-electron chi connectivity index (χ3n) is 4.17. The van der Waals surface area contributed by atoms with Crippen LogP contribution in [-0.4, -0.2) is 6.54 Å². The fourth-order valence-electron chi connectivity index (χ4n) is 3.17. The molecule has 0 fully saturated rings. The summed E-state index contributed by atoms with van der Waals surface area (Å²) in [5.74, 6) is 0.737. The van der Waals surface area contributed by atoms with Crippen LogP contribution in [0, 0.1) is 25.2 Å². The first-order valence-electron chi connectivity index (χ1n) is 8.53. The van der Waals surface area contributed by atoms with Crippen molar-refractivity contribution in [2.24, 2.45) is 11.3 Å². The quantitative estimate of drug-likeness (QED) is 0.668. The highest BCUT2D eigenvalue weighted by molar-refractivity contribution is 5.31. The van der Waals surface area contributed by atoms with Gasteiger partial charge in [-0.25, -0.2) is 0 Å². The zero-order valence-corrected chi connectivity index (χ0v) is 15.2. The molecular formula is C20H35N. The monoisotopic (exact) mass is 289 g/mol. The van der Waals surface area contributed by atoms with Gasteiger partial charge in [-0.15, -0.1) is 0 Å². The molecule has 0 aliphatic carbocycles. The molecule has 1 N–H and O–H groups in total. The first-order chi connectivity index (χ1) is 9.73. The highest BCUT2D eigenvalue weighted by Crippen LogP contribution is 2.31. The van der Waals surface area contributed by atoms with E-state index >= 15 is 0 Å². The Labute approximate surface area is 132 Å². The van der Waals surface area contributed by atoms with E-state index in [4.69, 9.17) is 0 Å². The van der Waals surface area contributed by atoms with Crippen molar-refractivity contribution in [3.05, 3.63) is 34.9 Å². The molecule has 0 saturated heterocycles. The van der Waals surface area contributed by atoms with Crippen molar-refractivity contribution < 1.29 is 0 Å². The standard InChI is InChI=1S/C20H35N/c1-8-11-21-19(12-15(2)14-20(5,6)7)18-10-9-16(3)17(4)13-18/h9-10,13,15,19,21H,8,11-12,14H2,1-7H3. The van der Waals surface area contributed by atoms with Gasteiger partial charge in [-0.3, -0.25) is 0 Å². The molecule has 1 heteroatoms. The van der Waals surface area contributed by atoms with Gasteiger partial charge in [0, 0.05) is 6.04 Å². The lowest BCUT2D eigenvalue weighted by atomic mass is 9.82. The summed E-state index contributed by atoms with van der Waals surface area (Å²) in [7, 11) is 0. The van der Waals surface area contributed by atoms with Crippen LogP contribution >= 0.6 is 0 Å². The van der Waals surface area contributed by atoms with Crippen LogP contribution in [0.15, 0.2) is 18.2 Å². The fraction of sp³-hybridized carbons (Fsp3) is 0.700. The molecule has 2 atom stereocenters. The normalized spacial score (nSPS) is 15.0. The Balaban J connectivity index is 2.81. The number of hydrogen-bond acceptors (Lipinski definition) is 1. The second-order valence-electron chi connectivity index (χ2n) is 7.96. The molecule has 0 spiro atoms. The lowest BCUT2D eigenvalue weighted by Crippen LogP contribution is -2.25. The summed E-state index contributed by atoms with van der Waals surface area (Å²) in [6, 6.07) is 7.42. The van der Waals surface area contributed by atoms with E-state index in [-0.39, 0.29) is 0 Å². The maximum Gasteiger partial charge on any atom is 0.0322 e. The van der Waals surface area contributed by atoms with Gasteiger partial charge >= 0.3 is 0 Å². The summed E-state index contributed by atoms with van der Waals surface area (Å²) in [4.78, 5) is 0. The molecule has 2 unspecified atom stereocenters. The lowest BCUT2D eigenvalue weighted by Gasteiger charge is -2.28. The number of nitrogens with one attached hydrogen (secondary N) is 1. The van der Waals surface area contributed by atoms with Crippen molar-refractivity contribution in [2.75, 3.05) is 6.54 Å². The molecule has 0 amide bonds. The van der Waals surface area contributed by atoms with Crippen LogP contribution in [0.2, 0.25) is 0 Å². The largest absolute Gasteiger partial charge is 0.310 e. The number of hydrogen-bond donors (Lipinski definition) is 1. The zero-order chi connectivity index (χ0) is 16.0. The van der Waals surface area contributed by atoms with Gasteiger partial charge in [0.2, 0.25) is 0 Å². The summed E-state index contributed by atoms with van der Waals surface area (Å²) in [6.07, 6.45) is 3.69. The molecule has 1 nitrogen and oxygen atoms in total. The second kappa shape index (κ2) is 7.98. The predicted octanol–water partition coefficient (Wildman–Crippen LogP) is 5.81. The highest BCUT2D eigenvalue weighted by atomic mass is 14.9. The molecule has 0 radical (unpaired) electrons. The van der Waals surface area contributed by atoms with Crippen LogP contribution in [0.4, 0.5) is 0 Å². The van der Waals surface area contributed by atoms with E-state index in [1.165, 1.54) is 36.0 Å². The van der Waals surface area contributed by atoms with E-state index in [1.54, 1.807) is 0 Å². The number of benzene rings is 1. The summed E-state index contributed by atoms with van der Waals surface area (Å²) in [5.41, 5.74) is 4.65. The Bertz CT molecular complexity index is 428. The van der Waals surface area contributed by atoms with E-state index in [0.717, 1.165) is 12.5 Å². The van der Waals surface area contributed by atoms with Crippen LogP contribution in [-0.2, 0) is 0 Å². The average molecular weight is 290 g/mol. The summed E-state index contributed by atoms with van der Waals surface area (Å²) < 4.78 is 0. The molecular weight excluding hydrogens is 254 g/mol. The van der Waals surface area contributed by atoms with E-state index in [2.05, 4.69) is 72.0 Å². The van der Waals surface area contributed by atoms with E-state index < -0.39 is 0 Å². The Morgan fingerprint density at radius 3 is 2.29 bits per heavy atom. The van der Waals surface area contributed by atoms with Crippen molar-refractivity contribution in [1.29, 1.82) is 0 Å². The third-order valence-corrected chi connectivity index (χ3v) is 4.17. The molecule has 0 aliphatic heterocycles. The van der Waals surface area contributed by atoms with E-state index in [1.807, 2.05) is 0 Å². The van der Waals surface area contributed by atoms with Crippen LogP contribution in [0.5, 0.6) is 0 Å². The Kier molecular flexibility index (Phi) is 6.93. The van der Waals surface area contributed by atoms with Crippen molar-refractivity contribution in [2.45, 2.75) is 73.8 Å². The Morgan fingerprint density at radius 2 is 1.76 bits per heavy atom. The van der Waals surface area contributed by atoms with Gasteiger partial charge < -0.3 is 5.32 Å². The molecule has 120 valence electrons. The van der Waals surface area contributed by atoms with Gasteiger partial charge in [0.25, 0.3) is 0 Å². The minimum absolute atomic E-state index is 0.415. The molecule has 0 aliphatic rings. The SMILES string of the molecule is CCCNC(CC(C)CC(C)(C)C)c1ccc(C)c(C)c1. The van der Waals surface area contributed by atoms with Crippen LogP contribution in [0.1, 0.15) is 76.6 Å². The molecule has 0 heterocycles. The third kappa shape index (κ3) is 6.65. The molecule has 0 saturated carbocycles. The molecule has 1 aromatic carbocycles. The minimum Gasteiger partial charge on any atom is -0.310 e. The van der Waals surface area contributed by atoms with Gasteiger partial charge in [0.15, 0.2) is 0 Å². The Hall–Kier alpha value is -0.820. The lowest BCUT2D eigenvalue weighted by molar-refractivity contribution is 0.276. The summed E-state index contributed by atoms with van der Waals surface area (Å²) >= 11 is 0. The predicted molar refractivity (Wildman–Crippen MR) is 94.8 cm³/mol. The summed E-state index contributed by atoms with van der Waals surface area (Å²) in [6.45, 7) is 17.2. The van der Waals surface area contributed by atoms with Crippen molar-refractivity contribution in [3.63, 3.8) is 0 Å². The smallest absolute Gasteiger partial charge is 0.0322 e. The van der Waals surface area contributed by atoms with Gasteiger partial charge in [0.05, 0.1) is 0 Å². The molecule has 0 aromatic heterocycles. The van der Waals surface area contributed by atoms with Gasteiger partial charge in [-0.1, -0.05) is 52.8 Å². The number of rotatable bonds is 7. The van der Waals surface area contributed by atoms with Crippen LogP contribution in [0.25, 0.3) is 0 Å². The maximum atomic E-state index is 3.75. The molecule has 21 heavy (non-hydrogen) atoms. The molecule has 1 aromatic rings. The van der Waals surface area contributed by atoms with Gasteiger partial charge in [0.1, 0.15) is 0 Å². The molecule has 0 bridgehead atoms.